The molecule has 5 amide bonds. The van der Waals surface area contributed by atoms with Gasteiger partial charge in [0.2, 0.25) is 11.8 Å². The van der Waals surface area contributed by atoms with Gasteiger partial charge in [-0.05, 0) is 99.5 Å². The number of urea groups is 1. The SMILES string of the molecule is CC(C)CCN(C[C@@H](O)[C@H](Cc1ccccc1)NC(=O)CN(C(=O)[C@@H]1CCCN1C(=O)OC(C)(C)C)C(C)(C)C)C(=O)NC(C)(C)C. The Bertz CT molecular complexity index is 1180. The molecule has 266 valence electrons. The van der Waals surface area contributed by atoms with Crippen LogP contribution in [0.5, 0.6) is 0 Å². The number of likely N-dealkylation sites (tertiary alicyclic amines) is 1. The standard InChI is InChI=1S/C36H61N5O6/c1-25(2)19-21-39(32(45)38-34(3,4)5)23-29(42)27(22-26-16-13-12-14-17-26)37-30(43)24-41(35(6,7)8)31(44)28-18-15-20-40(28)33(46)47-36(9,10)11/h12-14,16-17,25,27-29,42H,15,18-24H2,1-11H3,(H,37,43)(H,38,45)/t27-,28-,29+/m0/s1. The third kappa shape index (κ3) is 13.7. The molecular weight excluding hydrogens is 598 g/mol. The lowest BCUT2D eigenvalue weighted by atomic mass is 9.99. The van der Waals surface area contributed by atoms with Crippen LogP contribution in [0.3, 0.4) is 0 Å². The van der Waals surface area contributed by atoms with E-state index in [1.807, 2.05) is 71.9 Å². The molecule has 0 aromatic heterocycles. The molecule has 0 bridgehead atoms. The van der Waals surface area contributed by atoms with E-state index in [0.29, 0.717) is 38.3 Å². The van der Waals surface area contributed by atoms with Gasteiger partial charge < -0.3 is 30.3 Å². The lowest BCUT2D eigenvalue weighted by Crippen LogP contribution is -2.59. The molecule has 0 aliphatic carbocycles. The van der Waals surface area contributed by atoms with E-state index in [-0.39, 0.29) is 25.0 Å². The van der Waals surface area contributed by atoms with E-state index < -0.39 is 46.9 Å². The Balaban J connectivity index is 2.30. The highest BCUT2D eigenvalue weighted by Crippen LogP contribution is 2.25. The third-order valence-corrected chi connectivity index (χ3v) is 7.81. The summed E-state index contributed by atoms with van der Waals surface area (Å²) >= 11 is 0. The number of nitrogens with one attached hydrogen (secondary N) is 2. The minimum absolute atomic E-state index is 0.0151. The zero-order chi connectivity index (χ0) is 35.7. The molecule has 1 saturated heterocycles. The van der Waals surface area contributed by atoms with Crippen LogP contribution in [-0.4, -0.2) is 105 Å². The van der Waals surface area contributed by atoms with E-state index >= 15 is 0 Å². The fraction of sp³-hybridized carbons (Fsp3) is 0.722. The van der Waals surface area contributed by atoms with Crippen molar-refractivity contribution in [2.75, 3.05) is 26.2 Å². The average Bonchev–Trinajstić information content (AvgIpc) is 3.41. The fourth-order valence-corrected chi connectivity index (χ4v) is 5.38. The number of nitrogens with zero attached hydrogens (tertiary/aromatic N) is 3. The summed E-state index contributed by atoms with van der Waals surface area (Å²) in [5.74, 6) is -0.415. The van der Waals surface area contributed by atoms with Crippen LogP contribution in [0.2, 0.25) is 0 Å². The number of carbonyl (C=O) groups is 4. The van der Waals surface area contributed by atoms with Gasteiger partial charge in [0.1, 0.15) is 18.2 Å². The van der Waals surface area contributed by atoms with Gasteiger partial charge in [0, 0.05) is 24.2 Å². The highest BCUT2D eigenvalue weighted by atomic mass is 16.6. The van der Waals surface area contributed by atoms with E-state index in [2.05, 4.69) is 24.5 Å². The van der Waals surface area contributed by atoms with Crippen LogP contribution in [0.4, 0.5) is 9.59 Å². The summed E-state index contributed by atoms with van der Waals surface area (Å²) in [6.07, 6.45) is 0.574. The molecule has 1 aliphatic heterocycles. The third-order valence-electron chi connectivity index (χ3n) is 7.81. The molecule has 1 fully saturated rings. The van der Waals surface area contributed by atoms with Gasteiger partial charge in [-0.25, -0.2) is 9.59 Å². The highest BCUT2D eigenvalue weighted by Gasteiger charge is 2.42. The molecule has 11 heteroatoms. The largest absolute Gasteiger partial charge is 0.444 e. The van der Waals surface area contributed by atoms with Gasteiger partial charge in [0.05, 0.1) is 18.7 Å². The van der Waals surface area contributed by atoms with Crippen molar-refractivity contribution in [1.82, 2.24) is 25.3 Å². The maximum Gasteiger partial charge on any atom is 0.410 e. The smallest absolute Gasteiger partial charge is 0.410 e. The Morgan fingerprint density at radius 2 is 1.62 bits per heavy atom. The lowest BCUT2D eigenvalue weighted by Gasteiger charge is -2.39. The van der Waals surface area contributed by atoms with Crippen LogP contribution in [0.1, 0.15) is 101 Å². The first-order valence-electron chi connectivity index (χ1n) is 17.0. The van der Waals surface area contributed by atoms with E-state index in [9.17, 15) is 24.3 Å². The molecular formula is C36H61N5O6. The van der Waals surface area contributed by atoms with Gasteiger partial charge in [0.15, 0.2) is 0 Å². The molecule has 0 radical (unpaired) electrons. The quantitative estimate of drug-likeness (QED) is 0.291. The summed E-state index contributed by atoms with van der Waals surface area (Å²) < 4.78 is 5.57. The second kappa shape index (κ2) is 16.7. The zero-order valence-electron chi connectivity index (χ0n) is 30.7. The molecule has 1 aliphatic rings. The van der Waals surface area contributed by atoms with Gasteiger partial charge in [-0.15, -0.1) is 0 Å². The maximum atomic E-state index is 14.0. The highest BCUT2D eigenvalue weighted by molar-refractivity contribution is 5.90. The van der Waals surface area contributed by atoms with Crippen LogP contribution < -0.4 is 10.6 Å². The maximum absolute atomic E-state index is 14.0. The van der Waals surface area contributed by atoms with Gasteiger partial charge in [-0.2, -0.15) is 0 Å². The number of aliphatic hydroxyl groups excluding tert-OH is 1. The number of benzene rings is 1. The molecule has 3 atom stereocenters. The predicted octanol–water partition coefficient (Wildman–Crippen LogP) is 4.96. The Morgan fingerprint density at radius 1 is 1.00 bits per heavy atom. The number of hydrogen-bond acceptors (Lipinski definition) is 6. The van der Waals surface area contributed by atoms with Crippen LogP contribution in [0.15, 0.2) is 30.3 Å². The van der Waals surface area contributed by atoms with E-state index in [1.165, 1.54) is 9.80 Å². The topological polar surface area (TPSA) is 132 Å². The van der Waals surface area contributed by atoms with E-state index in [1.54, 1.807) is 25.7 Å². The summed E-state index contributed by atoms with van der Waals surface area (Å²) in [5, 5.41) is 17.6. The molecule has 0 unspecified atom stereocenters. The first kappa shape index (κ1) is 39.8. The molecule has 11 nitrogen and oxygen atoms in total. The van der Waals surface area contributed by atoms with Crippen molar-refractivity contribution in [2.45, 2.75) is 137 Å². The molecule has 0 saturated carbocycles. The first-order valence-corrected chi connectivity index (χ1v) is 17.0. The summed E-state index contributed by atoms with van der Waals surface area (Å²) in [6, 6.07) is 7.77. The van der Waals surface area contributed by atoms with Crippen molar-refractivity contribution in [3.63, 3.8) is 0 Å². The Hall–Kier alpha value is -3.34. The normalized spacial score (nSPS) is 16.8. The lowest BCUT2D eigenvalue weighted by molar-refractivity contribution is -0.145. The predicted molar refractivity (Wildman–Crippen MR) is 185 cm³/mol. The average molecular weight is 660 g/mol. The van der Waals surface area contributed by atoms with Gasteiger partial charge in [0.25, 0.3) is 0 Å². The Morgan fingerprint density at radius 3 is 2.15 bits per heavy atom. The number of amides is 5. The van der Waals surface area contributed by atoms with Crippen molar-refractivity contribution in [3.8, 4) is 0 Å². The summed E-state index contributed by atoms with van der Waals surface area (Å²) in [7, 11) is 0. The molecule has 47 heavy (non-hydrogen) atoms. The number of hydrogen-bond donors (Lipinski definition) is 3. The van der Waals surface area contributed by atoms with Crippen LogP contribution in [-0.2, 0) is 20.7 Å². The van der Waals surface area contributed by atoms with Crippen molar-refractivity contribution in [2.24, 2.45) is 5.92 Å². The molecule has 3 N–H and O–H groups in total. The van der Waals surface area contributed by atoms with Crippen molar-refractivity contribution in [3.05, 3.63) is 35.9 Å². The van der Waals surface area contributed by atoms with Crippen molar-refractivity contribution >= 4 is 23.9 Å². The van der Waals surface area contributed by atoms with E-state index in [0.717, 1.165) is 12.0 Å². The first-order chi connectivity index (χ1) is 21.6. The van der Waals surface area contributed by atoms with Gasteiger partial charge in [-0.1, -0.05) is 44.2 Å². The number of rotatable bonds is 12. The number of aliphatic hydroxyl groups is 1. The van der Waals surface area contributed by atoms with E-state index in [4.69, 9.17) is 4.74 Å². The minimum Gasteiger partial charge on any atom is -0.444 e. The summed E-state index contributed by atoms with van der Waals surface area (Å²) in [6.45, 7) is 21.4. The summed E-state index contributed by atoms with van der Waals surface area (Å²) in [4.78, 5) is 58.5. The monoisotopic (exact) mass is 659 g/mol. The minimum atomic E-state index is -1.09. The molecule has 0 spiro atoms. The van der Waals surface area contributed by atoms with Crippen molar-refractivity contribution in [1.29, 1.82) is 0 Å². The number of ether oxygens (including phenoxy) is 1. The van der Waals surface area contributed by atoms with Crippen LogP contribution in [0.25, 0.3) is 0 Å². The molecule has 1 aromatic rings. The fourth-order valence-electron chi connectivity index (χ4n) is 5.38. The molecule has 2 rings (SSSR count). The van der Waals surface area contributed by atoms with Crippen molar-refractivity contribution < 1.29 is 29.0 Å². The van der Waals surface area contributed by atoms with Crippen LogP contribution in [0, 0.1) is 5.92 Å². The zero-order valence-corrected chi connectivity index (χ0v) is 30.7. The summed E-state index contributed by atoms with van der Waals surface area (Å²) in [5.41, 5.74) is -0.990. The second-order valence-electron chi connectivity index (χ2n) is 16.2. The van der Waals surface area contributed by atoms with Gasteiger partial charge >= 0.3 is 12.1 Å². The molecule has 1 aromatic carbocycles. The second-order valence-corrected chi connectivity index (χ2v) is 16.2. The Kier molecular flexibility index (Phi) is 14.1. The number of carbonyl (C=O) groups excluding carboxylic acids is 4. The van der Waals surface area contributed by atoms with Crippen LogP contribution >= 0.6 is 0 Å². The Labute approximate surface area is 282 Å². The van der Waals surface area contributed by atoms with Gasteiger partial charge in [-0.3, -0.25) is 14.5 Å². The molecule has 1 heterocycles.